The van der Waals surface area contributed by atoms with Crippen LogP contribution in [0.5, 0.6) is 0 Å². The smallest absolute Gasteiger partial charge is 0.0184 e. The zero-order valence-electron chi connectivity index (χ0n) is 12.4. The Hall–Kier alpha value is -1.56. The molecule has 0 amide bonds. The molecule has 2 aromatic carbocycles. The molecule has 0 aromatic heterocycles. The molecule has 19 heavy (non-hydrogen) atoms. The molecule has 3 rings (SSSR count). The Kier molecular flexibility index (Phi) is 2.78. The standard InChI is InChI=1S/C19H22/c1-5-14-11-13(3)18-15-9-7-8-10-16(15)19(4,6-2)17(18)12-14/h7-12H,5-6H2,1-4H3. The molecule has 0 nitrogen and oxygen atoms in total. The second-order valence-electron chi connectivity index (χ2n) is 5.92. The molecule has 0 fully saturated rings. The van der Waals surface area contributed by atoms with Gasteiger partial charge in [0.05, 0.1) is 0 Å². The number of hydrogen-bond acceptors (Lipinski definition) is 0. The van der Waals surface area contributed by atoms with Gasteiger partial charge in [-0.25, -0.2) is 0 Å². The largest absolute Gasteiger partial charge is 0.0642 e. The van der Waals surface area contributed by atoms with Crippen LogP contribution in [0.15, 0.2) is 36.4 Å². The minimum atomic E-state index is 0.182. The van der Waals surface area contributed by atoms with Crippen LogP contribution in [0.1, 0.15) is 49.4 Å². The molecule has 98 valence electrons. The molecular formula is C19H22. The second kappa shape index (κ2) is 4.23. The molecule has 1 aliphatic carbocycles. The first-order chi connectivity index (χ1) is 9.11. The van der Waals surface area contributed by atoms with E-state index in [-0.39, 0.29) is 5.41 Å². The summed E-state index contributed by atoms with van der Waals surface area (Å²) >= 11 is 0. The van der Waals surface area contributed by atoms with Crippen molar-refractivity contribution in [3.05, 3.63) is 58.7 Å². The molecule has 1 aliphatic rings. The summed E-state index contributed by atoms with van der Waals surface area (Å²) in [5.74, 6) is 0. The van der Waals surface area contributed by atoms with Crippen LogP contribution in [0.3, 0.4) is 0 Å². The maximum atomic E-state index is 2.44. The third-order valence-electron chi connectivity index (χ3n) is 4.90. The molecule has 0 spiro atoms. The van der Waals surface area contributed by atoms with Crippen molar-refractivity contribution >= 4 is 0 Å². The van der Waals surface area contributed by atoms with Crippen LogP contribution in [0.25, 0.3) is 11.1 Å². The van der Waals surface area contributed by atoms with E-state index in [1.165, 1.54) is 33.4 Å². The fraction of sp³-hybridized carbons (Fsp3) is 0.368. The fourth-order valence-corrected chi connectivity index (χ4v) is 3.57. The van der Waals surface area contributed by atoms with Gasteiger partial charge in [-0.15, -0.1) is 0 Å². The summed E-state index contributed by atoms with van der Waals surface area (Å²) in [6.45, 7) is 9.21. The maximum Gasteiger partial charge on any atom is 0.0184 e. The minimum absolute atomic E-state index is 0.182. The van der Waals surface area contributed by atoms with Gasteiger partial charge in [0.15, 0.2) is 0 Å². The van der Waals surface area contributed by atoms with Crippen LogP contribution in [-0.4, -0.2) is 0 Å². The average molecular weight is 250 g/mol. The van der Waals surface area contributed by atoms with Crippen LogP contribution >= 0.6 is 0 Å². The minimum Gasteiger partial charge on any atom is -0.0642 e. The molecule has 1 unspecified atom stereocenters. The zero-order chi connectivity index (χ0) is 13.6. The molecule has 0 saturated carbocycles. The summed E-state index contributed by atoms with van der Waals surface area (Å²) in [6, 6.07) is 13.7. The van der Waals surface area contributed by atoms with Crippen molar-refractivity contribution in [1.82, 2.24) is 0 Å². The van der Waals surface area contributed by atoms with E-state index in [1.54, 1.807) is 0 Å². The number of rotatable bonds is 2. The van der Waals surface area contributed by atoms with Crippen molar-refractivity contribution in [2.24, 2.45) is 0 Å². The monoisotopic (exact) mass is 250 g/mol. The van der Waals surface area contributed by atoms with Gasteiger partial charge in [0.2, 0.25) is 0 Å². The Morgan fingerprint density at radius 3 is 2.42 bits per heavy atom. The molecule has 0 heterocycles. The summed E-state index contributed by atoms with van der Waals surface area (Å²) in [4.78, 5) is 0. The number of benzene rings is 2. The lowest BCUT2D eigenvalue weighted by Gasteiger charge is -2.26. The topological polar surface area (TPSA) is 0 Å². The van der Waals surface area contributed by atoms with Crippen molar-refractivity contribution in [3.63, 3.8) is 0 Å². The summed E-state index contributed by atoms with van der Waals surface area (Å²) in [5, 5.41) is 0. The molecule has 0 saturated heterocycles. The SMILES string of the molecule is CCc1cc(C)c2c(c1)C(C)(CC)c1ccccc1-2. The van der Waals surface area contributed by atoms with Gasteiger partial charge in [-0.1, -0.05) is 57.2 Å². The fourth-order valence-electron chi connectivity index (χ4n) is 3.57. The van der Waals surface area contributed by atoms with Gasteiger partial charge >= 0.3 is 0 Å². The zero-order valence-corrected chi connectivity index (χ0v) is 12.4. The van der Waals surface area contributed by atoms with Gasteiger partial charge < -0.3 is 0 Å². The van der Waals surface area contributed by atoms with Crippen molar-refractivity contribution < 1.29 is 0 Å². The Bertz CT molecular complexity index is 636. The summed E-state index contributed by atoms with van der Waals surface area (Å²) in [5.41, 5.74) is 9.04. The van der Waals surface area contributed by atoms with Gasteiger partial charge in [-0.3, -0.25) is 0 Å². The molecule has 1 atom stereocenters. The Labute approximate surface area is 116 Å². The van der Waals surface area contributed by atoms with E-state index in [2.05, 4.69) is 64.1 Å². The van der Waals surface area contributed by atoms with Crippen molar-refractivity contribution in [2.75, 3.05) is 0 Å². The average Bonchev–Trinajstić information content (AvgIpc) is 2.70. The van der Waals surface area contributed by atoms with E-state index in [4.69, 9.17) is 0 Å². The normalized spacial score (nSPS) is 20.2. The van der Waals surface area contributed by atoms with E-state index < -0.39 is 0 Å². The first kappa shape index (κ1) is 12.5. The second-order valence-corrected chi connectivity index (χ2v) is 5.92. The highest BCUT2D eigenvalue weighted by atomic mass is 14.4. The maximum absolute atomic E-state index is 2.44. The van der Waals surface area contributed by atoms with Gasteiger partial charge in [-0.2, -0.15) is 0 Å². The Balaban J connectivity index is 2.38. The van der Waals surface area contributed by atoms with E-state index in [0.717, 1.165) is 12.8 Å². The Morgan fingerprint density at radius 1 is 1.00 bits per heavy atom. The summed E-state index contributed by atoms with van der Waals surface area (Å²) in [7, 11) is 0. The predicted octanol–water partition coefficient (Wildman–Crippen LogP) is 5.25. The molecular weight excluding hydrogens is 228 g/mol. The van der Waals surface area contributed by atoms with Gasteiger partial charge in [-0.05, 0) is 53.1 Å². The first-order valence-corrected chi connectivity index (χ1v) is 7.35. The molecule has 0 heteroatoms. The number of hydrogen-bond donors (Lipinski definition) is 0. The highest BCUT2D eigenvalue weighted by Gasteiger charge is 2.38. The third-order valence-corrected chi connectivity index (χ3v) is 4.90. The highest BCUT2D eigenvalue weighted by molar-refractivity contribution is 5.83. The van der Waals surface area contributed by atoms with Gasteiger partial charge in [0.25, 0.3) is 0 Å². The van der Waals surface area contributed by atoms with Crippen molar-refractivity contribution in [1.29, 1.82) is 0 Å². The van der Waals surface area contributed by atoms with Crippen LogP contribution < -0.4 is 0 Å². The highest BCUT2D eigenvalue weighted by Crippen LogP contribution is 2.51. The summed E-state index contributed by atoms with van der Waals surface area (Å²) < 4.78 is 0. The Morgan fingerprint density at radius 2 is 1.74 bits per heavy atom. The van der Waals surface area contributed by atoms with E-state index in [0.29, 0.717) is 0 Å². The predicted molar refractivity (Wildman–Crippen MR) is 82.7 cm³/mol. The van der Waals surface area contributed by atoms with Crippen LogP contribution in [0.2, 0.25) is 0 Å². The van der Waals surface area contributed by atoms with Gasteiger partial charge in [0, 0.05) is 5.41 Å². The van der Waals surface area contributed by atoms with Crippen molar-refractivity contribution in [3.8, 4) is 11.1 Å². The number of fused-ring (bicyclic) bond motifs is 3. The lowest BCUT2D eigenvalue weighted by molar-refractivity contribution is 0.564. The summed E-state index contributed by atoms with van der Waals surface area (Å²) in [6.07, 6.45) is 2.27. The van der Waals surface area contributed by atoms with Crippen LogP contribution in [0.4, 0.5) is 0 Å². The van der Waals surface area contributed by atoms with Crippen molar-refractivity contribution in [2.45, 2.75) is 46.0 Å². The molecule has 0 bridgehead atoms. The molecule has 0 aliphatic heterocycles. The van der Waals surface area contributed by atoms with E-state index >= 15 is 0 Å². The van der Waals surface area contributed by atoms with E-state index in [1.807, 2.05) is 0 Å². The lowest BCUT2D eigenvalue weighted by atomic mass is 9.77. The van der Waals surface area contributed by atoms with Crippen LogP contribution in [0, 0.1) is 6.92 Å². The third kappa shape index (κ3) is 1.59. The van der Waals surface area contributed by atoms with Crippen LogP contribution in [-0.2, 0) is 11.8 Å². The van der Waals surface area contributed by atoms with E-state index in [9.17, 15) is 0 Å². The first-order valence-electron chi connectivity index (χ1n) is 7.35. The molecule has 0 N–H and O–H groups in total. The number of aryl methyl sites for hydroxylation is 2. The lowest BCUT2D eigenvalue weighted by Crippen LogP contribution is -2.19. The quantitative estimate of drug-likeness (QED) is 0.682. The molecule has 0 radical (unpaired) electrons. The van der Waals surface area contributed by atoms with Gasteiger partial charge in [0.1, 0.15) is 0 Å². The molecule has 2 aromatic rings.